The van der Waals surface area contributed by atoms with Gasteiger partial charge >= 0.3 is 12.3 Å². The molecule has 1 amide bonds. The molecule has 120 valence electrons. The summed E-state index contributed by atoms with van der Waals surface area (Å²) in [5, 5.41) is 12.7. The number of ether oxygens (including phenoxy) is 2. The minimum Gasteiger partial charge on any atom is -0.443 e. The van der Waals surface area contributed by atoms with Crippen molar-refractivity contribution in [1.29, 1.82) is 0 Å². The first kappa shape index (κ1) is 16.0. The fraction of sp³-hybridized carbons (Fsp3) is 0.417. The van der Waals surface area contributed by atoms with Gasteiger partial charge in [0.15, 0.2) is 0 Å². The third-order valence-corrected chi connectivity index (χ3v) is 2.86. The van der Waals surface area contributed by atoms with Gasteiger partial charge < -0.3 is 9.47 Å². The van der Waals surface area contributed by atoms with Crippen LogP contribution in [0.2, 0.25) is 0 Å². The summed E-state index contributed by atoms with van der Waals surface area (Å²) in [6.07, 6.45) is -5.77. The number of carbonyl (C=O) groups is 1. The zero-order chi connectivity index (χ0) is 16.3. The Labute approximate surface area is 122 Å². The Hall–Kier alpha value is -2.36. The number of nitro groups is 1. The largest absolute Gasteiger partial charge is 0.443 e. The molecular weight excluding hydrogens is 309 g/mol. The van der Waals surface area contributed by atoms with E-state index in [1.54, 1.807) is 0 Å². The second-order valence-electron chi connectivity index (χ2n) is 4.54. The van der Waals surface area contributed by atoms with Crippen molar-refractivity contribution >= 4 is 17.5 Å². The number of nitro benzene ring substituents is 1. The second-order valence-corrected chi connectivity index (χ2v) is 4.54. The summed E-state index contributed by atoms with van der Waals surface area (Å²) in [5.74, 6) is 0. The lowest BCUT2D eigenvalue weighted by molar-refractivity contribution is -0.385. The van der Waals surface area contributed by atoms with Crippen LogP contribution < -0.4 is 5.32 Å². The van der Waals surface area contributed by atoms with Crippen molar-refractivity contribution < 1.29 is 32.4 Å². The van der Waals surface area contributed by atoms with E-state index < -0.39 is 34.5 Å². The Morgan fingerprint density at radius 3 is 2.68 bits per heavy atom. The minimum absolute atomic E-state index is 0.205. The van der Waals surface area contributed by atoms with E-state index in [0.29, 0.717) is 25.2 Å². The van der Waals surface area contributed by atoms with Crippen molar-refractivity contribution in [3.05, 3.63) is 33.9 Å². The molecule has 1 aliphatic heterocycles. The van der Waals surface area contributed by atoms with Crippen LogP contribution in [0.1, 0.15) is 12.0 Å². The Morgan fingerprint density at radius 1 is 1.41 bits per heavy atom. The standard InChI is InChI=1S/C12H11F3N2O5/c13-12(14,15)7-3-8(5-9(4-7)17(19)20)16-11(18)22-10-1-2-21-6-10/h3-5,10H,1-2,6H2,(H,16,18)/t10-/m0/s1. The molecule has 22 heavy (non-hydrogen) atoms. The monoisotopic (exact) mass is 320 g/mol. The van der Waals surface area contributed by atoms with Gasteiger partial charge in [0.05, 0.1) is 29.4 Å². The number of rotatable bonds is 3. The lowest BCUT2D eigenvalue weighted by Gasteiger charge is -2.13. The van der Waals surface area contributed by atoms with Crippen LogP contribution in [-0.4, -0.2) is 30.3 Å². The summed E-state index contributed by atoms with van der Waals surface area (Å²) in [6, 6.07) is 1.81. The van der Waals surface area contributed by atoms with Crippen LogP contribution in [0.3, 0.4) is 0 Å². The molecule has 0 aromatic heterocycles. The van der Waals surface area contributed by atoms with Gasteiger partial charge in [0.25, 0.3) is 5.69 Å². The maximum absolute atomic E-state index is 12.7. The average molecular weight is 320 g/mol. The highest BCUT2D eigenvalue weighted by atomic mass is 19.4. The van der Waals surface area contributed by atoms with E-state index in [0.717, 1.165) is 6.07 Å². The molecule has 1 fully saturated rings. The Morgan fingerprint density at radius 2 is 2.14 bits per heavy atom. The number of non-ortho nitro benzene ring substituents is 1. The predicted octanol–water partition coefficient (Wildman–Crippen LogP) is 2.95. The summed E-state index contributed by atoms with van der Waals surface area (Å²) >= 11 is 0. The molecule has 0 spiro atoms. The van der Waals surface area contributed by atoms with Crippen LogP contribution in [-0.2, 0) is 15.7 Å². The number of carbonyl (C=O) groups excluding carboxylic acids is 1. The molecule has 1 aromatic carbocycles. The predicted molar refractivity (Wildman–Crippen MR) is 67.4 cm³/mol. The zero-order valence-corrected chi connectivity index (χ0v) is 11.1. The first-order valence-electron chi connectivity index (χ1n) is 6.18. The zero-order valence-electron chi connectivity index (χ0n) is 11.1. The third-order valence-electron chi connectivity index (χ3n) is 2.86. The van der Waals surface area contributed by atoms with E-state index in [1.807, 2.05) is 0 Å². The second kappa shape index (κ2) is 6.18. The molecule has 0 bridgehead atoms. The summed E-state index contributed by atoms with van der Waals surface area (Å²) in [5.41, 5.74) is -2.39. The van der Waals surface area contributed by atoms with Crippen LogP contribution in [0, 0.1) is 10.1 Å². The molecule has 1 aromatic rings. The SMILES string of the molecule is O=C(Nc1cc([N+](=O)[O-])cc(C(F)(F)F)c1)O[C@H]1CCOC1. The van der Waals surface area contributed by atoms with Gasteiger partial charge in [-0.25, -0.2) is 4.79 Å². The highest BCUT2D eigenvalue weighted by Gasteiger charge is 2.33. The van der Waals surface area contributed by atoms with E-state index in [9.17, 15) is 28.1 Å². The van der Waals surface area contributed by atoms with E-state index in [2.05, 4.69) is 5.32 Å². The fourth-order valence-corrected chi connectivity index (χ4v) is 1.86. The number of benzene rings is 1. The highest BCUT2D eigenvalue weighted by molar-refractivity contribution is 5.85. The molecule has 0 unspecified atom stereocenters. The molecule has 10 heteroatoms. The number of hydrogen-bond acceptors (Lipinski definition) is 5. The Balaban J connectivity index is 2.16. The van der Waals surface area contributed by atoms with Crippen molar-refractivity contribution in [3.63, 3.8) is 0 Å². The number of hydrogen-bond donors (Lipinski definition) is 1. The number of anilines is 1. The molecule has 1 atom stereocenters. The summed E-state index contributed by atoms with van der Waals surface area (Å²) in [4.78, 5) is 21.3. The van der Waals surface area contributed by atoms with Crippen LogP contribution in [0.5, 0.6) is 0 Å². The van der Waals surface area contributed by atoms with Crippen LogP contribution in [0.4, 0.5) is 29.3 Å². The van der Waals surface area contributed by atoms with Crippen molar-refractivity contribution in [2.75, 3.05) is 18.5 Å². The van der Waals surface area contributed by atoms with Gasteiger partial charge in [0.1, 0.15) is 6.10 Å². The topological polar surface area (TPSA) is 90.7 Å². The fourth-order valence-electron chi connectivity index (χ4n) is 1.86. The number of alkyl halides is 3. The molecule has 2 rings (SSSR count). The Kier molecular flexibility index (Phi) is 4.50. The number of halogens is 3. The summed E-state index contributed by atoms with van der Waals surface area (Å²) in [7, 11) is 0. The van der Waals surface area contributed by atoms with E-state index in [1.165, 1.54) is 0 Å². The Bertz CT molecular complexity index is 585. The van der Waals surface area contributed by atoms with Gasteiger partial charge in [-0.05, 0) is 6.07 Å². The molecule has 1 aliphatic rings. The van der Waals surface area contributed by atoms with E-state index in [-0.39, 0.29) is 12.3 Å². The lowest BCUT2D eigenvalue weighted by atomic mass is 10.1. The molecule has 0 saturated carbocycles. The van der Waals surface area contributed by atoms with Gasteiger partial charge in [0, 0.05) is 18.6 Å². The lowest BCUT2D eigenvalue weighted by Crippen LogP contribution is -2.22. The van der Waals surface area contributed by atoms with Gasteiger partial charge in [-0.3, -0.25) is 15.4 Å². The van der Waals surface area contributed by atoms with Gasteiger partial charge in [-0.15, -0.1) is 0 Å². The van der Waals surface area contributed by atoms with Crippen molar-refractivity contribution in [3.8, 4) is 0 Å². The molecule has 1 heterocycles. The van der Waals surface area contributed by atoms with E-state index >= 15 is 0 Å². The maximum atomic E-state index is 12.7. The van der Waals surface area contributed by atoms with Crippen LogP contribution >= 0.6 is 0 Å². The van der Waals surface area contributed by atoms with Gasteiger partial charge in [0.2, 0.25) is 0 Å². The molecule has 1 N–H and O–H groups in total. The van der Waals surface area contributed by atoms with Crippen molar-refractivity contribution in [2.24, 2.45) is 0 Å². The quantitative estimate of drug-likeness (QED) is 0.683. The maximum Gasteiger partial charge on any atom is 0.416 e. The average Bonchev–Trinajstić information content (AvgIpc) is 2.89. The van der Waals surface area contributed by atoms with Crippen LogP contribution in [0.25, 0.3) is 0 Å². The van der Waals surface area contributed by atoms with Crippen molar-refractivity contribution in [2.45, 2.75) is 18.7 Å². The minimum atomic E-state index is -4.77. The highest BCUT2D eigenvalue weighted by Crippen LogP contribution is 2.34. The van der Waals surface area contributed by atoms with Gasteiger partial charge in [-0.1, -0.05) is 0 Å². The molecule has 7 nitrogen and oxygen atoms in total. The number of nitrogens with zero attached hydrogens (tertiary/aromatic N) is 1. The summed E-state index contributed by atoms with van der Waals surface area (Å²) < 4.78 is 48.0. The van der Waals surface area contributed by atoms with Gasteiger partial charge in [-0.2, -0.15) is 13.2 Å². The molecule has 0 radical (unpaired) electrons. The molecule has 0 aliphatic carbocycles. The number of amides is 1. The van der Waals surface area contributed by atoms with Crippen molar-refractivity contribution in [1.82, 2.24) is 0 Å². The first-order valence-corrected chi connectivity index (χ1v) is 6.18. The van der Waals surface area contributed by atoms with E-state index in [4.69, 9.17) is 9.47 Å². The third kappa shape index (κ3) is 4.07. The molecule has 1 saturated heterocycles. The number of nitrogens with one attached hydrogen (secondary N) is 1. The first-order chi connectivity index (χ1) is 10.3. The normalized spacial score (nSPS) is 18.0. The molecular formula is C12H11F3N2O5. The summed E-state index contributed by atoms with van der Waals surface area (Å²) in [6.45, 7) is 0.628. The van der Waals surface area contributed by atoms with Crippen LogP contribution in [0.15, 0.2) is 18.2 Å². The smallest absolute Gasteiger partial charge is 0.416 e.